The Labute approximate surface area is 138 Å². The molecule has 0 aliphatic heterocycles. The molecule has 2 rings (SSSR count). The molecule has 0 radical (unpaired) electrons. The average Bonchev–Trinajstić information content (AvgIpc) is 2.58. The van der Waals surface area contributed by atoms with E-state index in [1.807, 2.05) is 30.3 Å². The molecule has 0 unspecified atom stereocenters. The Hall–Kier alpha value is -3.22. The van der Waals surface area contributed by atoms with Crippen LogP contribution in [0.5, 0.6) is 0 Å². The molecule has 0 aliphatic rings. The van der Waals surface area contributed by atoms with Gasteiger partial charge in [-0.3, -0.25) is 30.2 Å². The van der Waals surface area contributed by atoms with E-state index in [-0.39, 0.29) is 12.8 Å². The molecular weight excluding hydrogens is 310 g/mol. The van der Waals surface area contributed by atoms with Crippen molar-refractivity contribution in [2.45, 2.75) is 19.8 Å². The van der Waals surface area contributed by atoms with Gasteiger partial charge >= 0.3 is 5.97 Å². The minimum Gasteiger partial charge on any atom is -0.481 e. The molecule has 0 atom stereocenters. The summed E-state index contributed by atoms with van der Waals surface area (Å²) >= 11 is 0. The van der Waals surface area contributed by atoms with Crippen molar-refractivity contribution < 1.29 is 19.5 Å². The van der Waals surface area contributed by atoms with Crippen molar-refractivity contribution in [3.05, 3.63) is 53.7 Å². The normalized spacial score (nSPS) is 10.0. The summed E-state index contributed by atoms with van der Waals surface area (Å²) in [5, 5.41) is 8.50. The first-order valence-electron chi connectivity index (χ1n) is 7.31. The molecule has 3 N–H and O–H groups in total. The lowest BCUT2D eigenvalue weighted by atomic mass is 10.1. The number of aromatic nitrogens is 1. The minimum absolute atomic E-state index is 0.209. The zero-order valence-corrected chi connectivity index (χ0v) is 13.1. The van der Waals surface area contributed by atoms with Crippen LogP contribution in [0.3, 0.4) is 0 Å². The molecule has 0 aliphatic carbocycles. The van der Waals surface area contributed by atoms with Crippen molar-refractivity contribution >= 4 is 17.8 Å². The molecule has 124 valence electrons. The quantitative estimate of drug-likeness (QED) is 0.724. The third-order valence-corrected chi connectivity index (χ3v) is 3.28. The van der Waals surface area contributed by atoms with Crippen LogP contribution < -0.4 is 10.9 Å². The molecule has 2 amide bonds. The number of aryl methyl sites for hydroxylation is 1. The highest BCUT2D eigenvalue weighted by Gasteiger charge is 2.12. The van der Waals surface area contributed by atoms with Crippen LogP contribution in [0.25, 0.3) is 11.3 Å². The Morgan fingerprint density at radius 2 is 1.71 bits per heavy atom. The maximum absolute atomic E-state index is 12.1. The van der Waals surface area contributed by atoms with Crippen molar-refractivity contribution in [3.63, 3.8) is 0 Å². The molecule has 0 spiro atoms. The Bertz CT molecular complexity index is 760. The summed E-state index contributed by atoms with van der Waals surface area (Å²) in [6.07, 6.45) is -0.506. The number of hydrogen-bond donors (Lipinski definition) is 3. The first-order chi connectivity index (χ1) is 11.5. The number of carboxylic acid groups (broad SMARTS) is 1. The van der Waals surface area contributed by atoms with Gasteiger partial charge in [0.15, 0.2) is 0 Å². The van der Waals surface area contributed by atoms with Crippen LogP contribution in [-0.2, 0) is 9.59 Å². The molecule has 2 aromatic rings. The van der Waals surface area contributed by atoms with E-state index in [4.69, 9.17) is 5.11 Å². The van der Waals surface area contributed by atoms with Crippen molar-refractivity contribution in [1.82, 2.24) is 15.8 Å². The first-order valence-corrected chi connectivity index (χ1v) is 7.31. The van der Waals surface area contributed by atoms with Gasteiger partial charge in [0.2, 0.25) is 5.91 Å². The van der Waals surface area contributed by atoms with E-state index in [9.17, 15) is 14.4 Å². The SMILES string of the molecule is Cc1nc(-c2ccccc2)ccc1C(=O)NNC(=O)CCC(=O)O. The number of hydrazine groups is 1. The van der Waals surface area contributed by atoms with Gasteiger partial charge in [-0.25, -0.2) is 0 Å². The highest BCUT2D eigenvalue weighted by molar-refractivity contribution is 5.96. The number of hydrogen-bond acceptors (Lipinski definition) is 4. The van der Waals surface area contributed by atoms with Gasteiger partial charge in [-0.05, 0) is 19.1 Å². The molecule has 0 saturated heterocycles. The van der Waals surface area contributed by atoms with Crippen LogP contribution in [0.4, 0.5) is 0 Å². The summed E-state index contributed by atoms with van der Waals surface area (Å²) in [4.78, 5) is 38.3. The standard InChI is InChI=1S/C17H17N3O4/c1-11-13(17(24)20-19-15(21)9-10-16(22)23)7-8-14(18-11)12-5-3-2-4-6-12/h2-8H,9-10H2,1H3,(H,19,21)(H,20,24)(H,22,23). The summed E-state index contributed by atoms with van der Waals surface area (Å²) in [6, 6.07) is 12.9. The fourth-order valence-corrected chi connectivity index (χ4v) is 2.05. The Morgan fingerprint density at radius 3 is 2.33 bits per heavy atom. The molecule has 1 aromatic carbocycles. The fraction of sp³-hybridized carbons (Fsp3) is 0.176. The molecule has 0 fully saturated rings. The molecule has 24 heavy (non-hydrogen) atoms. The summed E-state index contributed by atoms with van der Waals surface area (Å²) in [5.41, 5.74) is 6.97. The Kier molecular flexibility index (Phi) is 5.62. The van der Waals surface area contributed by atoms with Gasteiger partial charge < -0.3 is 5.11 Å². The smallest absolute Gasteiger partial charge is 0.303 e. The van der Waals surface area contributed by atoms with Crippen molar-refractivity contribution in [3.8, 4) is 11.3 Å². The van der Waals surface area contributed by atoms with Crippen molar-refractivity contribution in [1.29, 1.82) is 0 Å². The second kappa shape index (κ2) is 7.87. The predicted octanol–water partition coefficient (Wildman–Crippen LogP) is 1.68. The number of carboxylic acids is 1. The van der Waals surface area contributed by atoms with Crippen molar-refractivity contribution in [2.24, 2.45) is 0 Å². The van der Waals surface area contributed by atoms with Crippen LogP contribution in [0.2, 0.25) is 0 Å². The first kappa shape index (κ1) is 17.1. The largest absolute Gasteiger partial charge is 0.481 e. The molecule has 1 aromatic heterocycles. The van der Waals surface area contributed by atoms with Gasteiger partial charge in [0.05, 0.1) is 23.4 Å². The maximum atomic E-state index is 12.1. The van der Waals surface area contributed by atoms with E-state index in [0.29, 0.717) is 11.3 Å². The lowest BCUT2D eigenvalue weighted by Gasteiger charge is -2.10. The molecule has 7 nitrogen and oxygen atoms in total. The number of nitrogens with zero attached hydrogens (tertiary/aromatic N) is 1. The monoisotopic (exact) mass is 327 g/mol. The van der Waals surface area contributed by atoms with Gasteiger partial charge in [0.1, 0.15) is 0 Å². The zero-order valence-electron chi connectivity index (χ0n) is 13.1. The molecule has 7 heteroatoms. The van der Waals surface area contributed by atoms with Gasteiger partial charge in [-0.15, -0.1) is 0 Å². The fourth-order valence-electron chi connectivity index (χ4n) is 2.05. The summed E-state index contributed by atoms with van der Waals surface area (Å²) in [6.45, 7) is 1.70. The number of carbonyl (C=O) groups is 3. The van der Waals surface area contributed by atoms with Crippen LogP contribution in [-0.4, -0.2) is 27.9 Å². The van der Waals surface area contributed by atoms with Crippen molar-refractivity contribution in [2.75, 3.05) is 0 Å². The summed E-state index contributed by atoms with van der Waals surface area (Å²) in [7, 11) is 0. The lowest BCUT2D eigenvalue weighted by molar-refractivity contribution is -0.138. The van der Waals surface area contributed by atoms with Crippen LogP contribution in [0.15, 0.2) is 42.5 Å². The maximum Gasteiger partial charge on any atom is 0.303 e. The number of pyridine rings is 1. The van der Waals surface area contributed by atoms with E-state index in [1.165, 1.54) is 0 Å². The minimum atomic E-state index is -1.08. The van der Waals surface area contributed by atoms with Crippen LogP contribution >= 0.6 is 0 Å². The van der Waals surface area contributed by atoms with Crippen LogP contribution in [0, 0.1) is 6.92 Å². The van der Waals surface area contributed by atoms with E-state index < -0.39 is 17.8 Å². The lowest BCUT2D eigenvalue weighted by Crippen LogP contribution is -2.42. The predicted molar refractivity (Wildman–Crippen MR) is 86.9 cm³/mol. The van der Waals surface area contributed by atoms with E-state index >= 15 is 0 Å². The third kappa shape index (κ3) is 4.64. The summed E-state index contributed by atoms with van der Waals surface area (Å²) in [5.74, 6) is -2.16. The Balaban J connectivity index is 2.00. The molecule has 0 saturated carbocycles. The Morgan fingerprint density at radius 1 is 1.00 bits per heavy atom. The average molecular weight is 327 g/mol. The van der Waals surface area contributed by atoms with Gasteiger partial charge in [-0.2, -0.15) is 0 Å². The van der Waals surface area contributed by atoms with Gasteiger partial charge in [-0.1, -0.05) is 30.3 Å². The number of nitrogens with one attached hydrogen (secondary N) is 2. The highest BCUT2D eigenvalue weighted by atomic mass is 16.4. The zero-order chi connectivity index (χ0) is 17.5. The third-order valence-electron chi connectivity index (χ3n) is 3.28. The van der Waals surface area contributed by atoms with Crippen LogP contribution in [0.1, 0.15) is 28.9 Å². The molecule has 0 bridgehead atoms. The number of amides is 2. The summed E-state index contributed by atoms with van der Waals surface area (Å²) < 4.78 is 0. The highest BCUT2D eigenvalue weighted by Crippen LogP contribution is 2.18. The van der Waals surface area contributed by atoms with E-state index in [0.717, 1.165) is 11.3 Å². The second-order valence-electron chi connectivity index (χ2n) is 5.09. The molecule has 1 heterocycles. The number of aliphatic carboxylic acids is 1. The topological polar surface area (TPSA) is 108 Å². The second-order valence-corrected chi connectivity index (χ2v) is 5.09. The van der Waals surface area contributed by atoms with Gasteiger partial charge in [0.25, 0.3) is 5.91 Å². The molecular formula is C17H17N3O4. The number of benzene rings is 1. The van der Waals surface area contributed by atoms with E-state index in [1.54, 1.807) is 19.1 Å². The number of carbonyl (C=O) groups excluding carboxylic acids is 2. The van der Waals surface area contributed by atoms with E-state index in [2.05, 4.69) is 15.8 Å². The number of rotatable bonds is 5. The van der Waals surface area contributed by atoms with Gasteiger partial charge in [0, 0.05) is 12.0 Å².